The zero-order valence-electron chi connectivity index (χ0n) is 18.2. The lowest BCUT2D eigenvalue weighted by atomic mass is 10.0. The first-order chi connectivity index (χ1) is 15.9. The van der Waals surface area contributed by atoms with E-state index in [1.807, 2.05) is 54.6 Å². The summed E-state index contributed by atoms with van der Waals surface area (Å²) < 4.78 is 46.5. The van der Waals surface area contributed by atoms with Crippen LogP contribution in [0.3, 0.4) is 0 Å². The van der Waals surface area contributed by atoms with Crippen LogP contribution in [0.25, 0.3) is 0 Å². The number of ether oxygens (including phenoxy) is 1. The molecule has 0 bridgehead atoms. The molecule has 0 aliphatic carbocycles. The van der Waals surface area contributed by atoms with Gasteiger partial charge in [0.05, 0.1) is 10.9 Å². The van der Waals surface area contributed by atoms with Gasteiger partial charge in [0.1, 0.15) is 18.2 Å². The maximum absolute atomic E-state index is 13.6. The van der Waals surface area contributed by atoms with Crippen LogP contribution in [0.15, 0.2) is 83.8 Å². The van der Waals surface area contributed by atoms with Crippen LogP contribution in [0.2, 0.25) is 0 Å². The largest absolute Gasteiger partial charge is 0.489 e. The minimum absolute atomic E-state index is 0.107. The number of rotatable bonds is 9. The molecule has 1 fully saturated rings. The van der Waals surface area contributed by atoms with Crippen molar-refractivity contribution in [2.24, 2.45) is 0 Å². The predicted molar refractivity (Wildman–Crippen MR) is 124 cm³/mol. The van der Waals surface area contributed by atoms with Crippen molar-refractivity contribution in [3.63, 3.8) is 0 Å². The van der Waals surface area contributed by atoms with Crippen molar-refractivity contribution in [3.8, 4) is 5.75 Å². The number of nitrogens with zero attached hydrogens (tertiary/aromatic N) is 1. The Hall–Kier alpha value is -3.03. The molecule has 33 heavy (non-hydrogen) atoms. The Morgan fingerprint density at radius 3 is 2.42 bits per heavy atom. The maximum Gasteiger partial charge on any atom is 0.243 e. The smallest absolute Gasteiger partial charge is 0.243 e. The Kier molecular flexibility index (Phi) is 7.20. The molecule has 0 aromatic heterocycles. The van der Waals surface area contributed by atoms with Crippen molar-refractivity contribution in [2.75, 3.05) is 6.54 Å². The first-order valence-electron chi connectivity index (χ1n) is 11.0. The number of halogens is 1. The van der Waals surface area contributed by atoms with E-state index in [2.05, 4.69) is 0 Å². The van der Waals surface area contributed by atoms with Crippen molar-refractivity contribution in [1.29, 1.82) is 0 Å². The van der Waals surface area contributed by atoms with E-state index in [9.17, 15) is 17.6 Å². The Morgan fingerprint density at radius 1 is 0.970 bits per heavy atom. The van der Waals surface area contributed by atoms with Gasteiger partial charge in [0, 0.05) is 13.0 Å². The van der Waals surface area contributed by atoms with Crippen molar-refractivity contribution in [3.05, 3.63) is 95.8 Å². The molecule has 0 radical (unpaired) electrons. The summed E-state index contributed by atoms with van der Waals surface area (Å²) in [6.07, 6.45) is 1.88. The molecule has 0 spiro atoms. The van der Waals surface area contributed by atoms with Gasteiger partial charge < -0.3 is 4.74 Å². The Balaban J connectivity index is 1.34. The van der Waals surface area contributed by atoms with Gasteiger partial charge in [-0.05, 0) is 60.7 Å². The highest BCUT2D eigenvalue weighted by Gasteiger charge is 2.38. The maximum atomic E-state index is 13.6. The summed E-state index contributed by atoms with van der Waals surface area (Å²) >= 11 is 0. The molecular weight excluding hydrogens is 441 g/mol. The summed E-state index contributed by atoms with van der Waals surface area (Å²) in [7, 11) is -3.91. The van der Waals surface area contributed by atoms with Crippen LogP contribution in [0.5, 0.6) is 5.75 Å². The van der Waals surface area contributed by atoms with Crippen LogP contribution in [0.1, 0.15) is 30.4 Å². The Bertz CT molecular complexity index is 1200. The topological polar surface area (TPSA) is 63.7 Å². The first-order valence-corrected chi connectivity index (χ1v) is 12.4. The molecule has 4 rings (SSSR count). The minimum Gasteiger partial charge on any atom is -0.489 e. The lowest BCUT2D eigenvalue weighted by Gasteiger charge is -2.23. The van der Waals surface area contributed by atoms with E-state index in [1.165, 1.54) is 22.5 Å². The van der Waals surface area contributed by atoms with E-state index < -0.39 is 21.9 Å². The molecule has 1 aliphatic rings. The lowest BCUT2D eigenvalue weighted by Crippen LogP contribution is -2.40. The molecule has 0 N–H and O–H groups in total. The quantitative estimate of drug-likeness (QED) is 0.455. The molecule has 172 valence electrons. The molecule has 1 saturated heterocycles. The van der Waals surface area contributed by atoms with Crippen molar-refractivity contribution >= 4 is 15.8 Å². The van der Waals surface area contributed by atoms with E-state index in [1.54, 1.807) is 0 Å². The molecule has 7 heteroatoms. The van der Waals surface area contributed by atoms with Crippen molar-refractivity contribution < 1.29 is 22.3 Å². The van der Waals surface area contributed by atoms with E-state index in [0.717, 1.165) is 22.9 Å². The molecule has 1 atom stereocenters. The lowest BCUT2D eigenvalue weighted by molar-refractivity contribution is -0.122. The molecule has 1 heterocycles. The number of Topliss-reactive ketones (excluding diaryl/α,β-unsaturated/α-hetero) is 1. The van der Waals surface area contributed by atoms with Crippen LogP contribution in [-0.4, -0.2) is 31.1 Å². The third kappa shape index (κ3) is 5.67. The second-order valence-corrected chi connectivity index (χ2v) is 10.0. The monoisotopic (exact) mass is 467 g/mol. The van der Waals surface area contributed by atoms with Crippen LogP contribution in [0.4, 0.5) is 4.39 Å². The normalized spacial score (nSPS) is 16.6. The van der Waals surface area contributed by atoms with E-state index in [0.29, 0.717) is 25.9 Å². The molecule has 0 saturated carbocycles. The highest BCUT2D eigenvalue weighted by atomic mass is 32.2. The van der Waals surface area contributed by atoms with Gasteiger partial charge in [-0.15, -0.1) is 0 Å². The Morgan fingerprint density at radius 2 is 1.70 bits per heavy atom. The zero-order valence-corrected chi connectivity index (χ0v) is 19.0. The highest BCUT2D eigenvalue weighted by molar-refractivity contribution is 7.89. The molecule has 0 unspecified atom stereocenters. The van der Waals surface area contributed by atoms with Gasteiger partial charge in [-0.2, -0.15) is 4.31 Å². The number of sulfonamides is 1. The standard InChI is InChI=1S/C26H26FNO4S/c27-22-6-4-9-24(18-22)33(30,31)28-17-5-10-25(28)26(29)16-15-20-11-13-21(14-12-20)19-32-23-7-2-1-3-8-23/h1-4,6-9,11-14,18,25H,5,10,15-17,19H2/t25-/m0/s1. The molecule has 0 amide bonds. The fourth-order valence-electron chi connectivity index (χ4n) is 4.03. The van der Waals surface area contributed by atoms with Gasteiger partial charge in [0.15, 0.2) is 5.78 Å². The van der Waals surface area contributed by atoms with E-state index >= 15 is 0 Å². The predicted octanol–water partition coefficient (Wildman–Crippen LogP) is 4.76. The van der Waals surface area contributed by atoms with Gasteiger partial charge >= 0.3 is 0 Å². The number of carbonyl (C=O) groups excluding carboxylic acids is 1. The molecule has 1 aliphatic heterocycles. The molecule has 5 nitrogen and oxygen atoms in total. The zero-order chi connectivity index (χ0) is 23.3. The SMILES string of the molecule is O=C(CCc1ccc(COc2ccccc2)cc1)[C@@H]1CCCN1S(=O)(=O)c1cccc(F)c1. The average Bonchev–Trinajstić information content (AvgIpc) is 3.34. The van der Waals surface area contributed by atoms with Gasteiger partial charge in [-0.1, -0.05) is 48.5 Å². The molecule has 3 aromatic rings. The summed E-state index contributed by atoms with van der Waals surface area (Å²) in [4.78, 5) is 12.8. The van der Waals surface area contributed by atoms with Crippen molar-refractivity contribution in [2.45, 2.75) is 43.2 Å². The fourth-order valence-corrected chi connectivity index (χ4v) is 5.74. The third-order valence-corrected chi connectivity index (χ3v) is 7.71. The average molecular weight is 468 g/mol. The number of para-hydroxylation sites is 1. The fraction of sp³-hybridized carbons (Fsp3) is 0.269. The number of hydrogen-bond donors (Lipinski definition) is 0. The van der Waals surface area contributed by atoms with Crippen LogP contribution < -0.4 is 4.74 Å². The minimum atomic E-state index is -3.91. The number of carbonyl (C=O) groups is 1. The summed E-state index contributed by atoms with van der Waals surface area (Å²) in [6.45, 7) is 0.726. The van der Waals surface area contributed by atoms with E-state index in [4.69, 9.17) is 4.74 Å². The number of aryl methyl sites for hydroxylation is 1. The Labute approximate surface area is 193 Å². The summed E-state index contributed by atoms with van der Waals surface area (Å²) in [5.74, 6) is 0.0845. The van der Waals surface area contributed by atoms with Crippen molar-refractivity contribution in [1.82, 2.24) is 4.31 Å². The van der Waals surface area contributed by atoms with E-state index in [-0.39, 0.29) is 23.6 Å². The molecule has 3 aromatic carbocycles. The van der Waals surface area contributed by atoms with Crippen LogP contribution in [-0.2, 0) is 27.8 Å². The summed E-state index contributed by atoms with van der Waals surface area (Å²) in [5.41, 5.74) is 2.03. The van der Waals surface area contributed by atoms with Gasteiger partial charge in [-0.25, -0.2) is 12.8 Å². The van der Waals surface area contributed by atoms with Crippen LogP contribution in [0, 0.1) is 5.82 Å². The summed E-state index contributed by atoms with van der Waals surface area (Å²) in [6, 6.07) is 21.7. The van der Waals surface area contributed by atoms with Crippen LogP contribution >= 0.6 is 0 Å². The second kappa shape index (κ2) is 10.3. The second-order valence-electron chi connectivity index (χ2n) is 8.12. The number of benzene rings is 3. The number of hydrogen-bond acceptors (Lipinski definition) is 4. The van der Waals surface area contributed by atoms with Gasteiger partial charge in [0.2, 0.25) is 10.0 Å². The highest BCUT2D eigenvalue weighted by Crippen LogP contribution is 2.28. The van der Waals surface area contributed by atoms with Gasteiger partial charge in [0.25, 0.3) is 0 Å². The molecular formula is C26H26FNO4S. The first kappa shape index (κ1) is 23.1. The van der Waals surface area contributed by atoms with Gasteiger partial charge in [-0.3, -0.25) is 4.79 Å². The summed E-state index contributed by atoms with van der Waals surface area (Å²) in [5, 5.41) is 0. The third-order valence-electron chi connectivity index (χ3n) is 5.81. The number of ketones is 1.